The highest BCUT2D eigenvalue weighted by atomic mass is 35.5. The number of nitrogens with one attached hydrogen (secondary N) is 1. The number of hydrogen-bond acceptors (Lipinski definition) is 2. The molecule has 100 valence electrons. The SMILES string of the molecule is Cc1c(Cl)[nH]c(=O)n(CC2CCC(C)CC2)c1=O. The van der Waals surface area contributed by atoms with Crippen molar-refractivity contribution < 1.29 is 0 Å². The summed E-state index contributed by atoms with van der Waals surface area (Å²) in [5, 5.41) is 0.151. The van der Waals surface area contributed by atoms with Gasteiger partial charge in [-0.1, -0.05) is 31.4 Å². The van der Waals surface area contributed by atoms with E-state index in [9.17, 15) is 9.59 Å². The zero-order valence-corrected chi connectivity index (χ0v) is 11.6. The molecule has 0 saturated heterocycles. The molecule has 1 fully saturated rings. The molecule has 1 heterocycles. The van der Waals surface area contributed by atoms with Crippen molar-refractivity contribution in [2.24, 2.45) is 11.8 Å². The summed E-state index contributed by atoms with van der Waals surface area (Å²) in [5.41, 5.74) is -0.239. The first-order valence-electron chi connectivity index (χ1n) is 6.48. The summed E-state index contributed by atoms with van der Waals surface area (Å²) in [4.78, 5) is 26.3. The van der Waals surface area contributed by atoms with Crippen LogP contribution in [0.3, 0.4) is 0 Å². The van der Waals surface area contributed by atoms with Crippen LogP contribution in [0.4, 0.5) is 0 Å². The van der Waals surface area contributed by atoms with Gasteiger partial charge in [-0.15, -0.1) is 0 Å². The molecule has 2 rings (SSSR count). The van der Waals surface area contributed by atoms with E-state index in [-0.39, 0.29) is 10.7 Å². The van der Waals surface area contributed by atoms with Gasteiger partial charge in [0.2, 0.25) is 0 Å². The van der Waals surface area contributed by atoms with E-state index in [0.29, 0.717) is 18.0 Å². The third kappa shape index (κ3) is 2.69. The molecule has 0 spiro atoms. The molecule has 1 aromatic heterocycles. The van der Waals surface area contributed by atoms with Crippen LogP contribution >= 0.6 is 11.6 Å². The summed E-state index contributed by atoms with van der Waals surface area (Å²) in [5.74, 6) is 1.20. The second kappa shape index (κ2) is 5.31. The van der Waals surface area contributed by atoms with Crippen LogP contribution < -0.4 is 11.2 Å². The Bertz CT molecular complexity index is 539. The molecule has 1 aliphatic carbocycles. The van der Waals surface area contributed by atoms with Crippen molar-refractivity contribution in [3.8, 4) is 0 Å². The van der Waals surface area contributed by atoms with Gasteiger partial charge in [0.25, 0.3) is 5.56 Å². The van der Waals surface area contributed by atoms with Crippen molar-refractivity contribution in [3.63, 3.8) is 0 Å². The van der Waals surface area contributed by atoms with Crippen molar-refractivity contribution in [1.29, 1.82) is 0 Å². The lowest BCUT2D eigenvalue weighted by atomic mass is 9.83. The highest BCUT2D eigenvalue weighted by Crippen LogP contribution is 2.28. The third-order valence-electron chi connectivity index (χ3n) is 3.93. The smallest absolute Gasteiger partial charge is 0.297 e. The van der Waals surface area contributed by atoms with Crippen LogP contribution in [0, 0.1) is 18.8 Å². The maximum absolute atomic E-state index is 12.0. The fourth-order valence-corrected chi connectivity index (χ4v) is 2.74. The van der Waals surface area contributed by atoms with Crippen molar-refractivity contribution in [3.05, 3.63) is 31.6 Å². The first kappa shape index (κ1) is 13.4. The lowest BCUT2D eigenvalue weighted by Crippen LogP contribution is -2.39. The first-order chi connectivity index (χ1) is 8.49. The number of H-pyrrole nitrogens is 1. The molecule has 18 heavy (non-hydrogen) atoms. The summed E-state index contributed by atoms with van der Waals surface area (Å²) in [6.07, 6.45) is 4.55. The standard InChI is InChI=1S/C13H19ClN2O2/c1-8-3-5-10(6-4-8)7-16-12(17)9(2)11(14)15-13(16)18/h8,10H,3-7H2,1-2H3,(H,15,18). The van der Waals surface area contributed by atoms with E-state index in [2.05, 4.69) is 11.9 Å². The second-order valence-corrected chi connectivity index (χ2v) is 5.79. The van der Waals surface area contributed by atoms with Gasteiger partial charge < -0.3 is 0 Å². The third-order valence-corrected chi connectivity index (χ3v) is 4.31. The molecule has 1 saturated carbocycles. The van der Waals surface area contributed by atoms with Gasteiger partial charge in [-0.3, -0.25) is 14.3 Å². The molecular weight excluding hydrogens is 252 g/mol. The van der Waals surface area contributed by atoms with E-state index in [4.69, 9.17) is 11.6 Å². The molecule has 0 unspecified atom stereocenters. The largest absolute Gasteiger partial charge is 0.329 e. The molecule has 0 amide bonds. The first-order valence-corrected chi connectivity index (χ1v) is 6.86. The van der Waals surface area contributed by atoms with Gasteiger partial charge in [0.1, 0.15) is 5.15 Å². The van der Waals surface area contributed by atoms with Crippen molar-refractivity contribution in [2.75, 3.05) is 0 Å². The predicted octanol–water partition coefficient (Wildman–Crippen LogP) is 2.32. The summed E-state index contributed by atoms with van der Waals surface area (Å²) in [6, 6.07) is 0. The van der Waals surface area contributed by atoms with E-state index >= 15 is 0 Å². The highest BCUT2D eigenvalue weighted by molar-refractivity contribution is 6.30. The minimum Gasteiger partial charge on any atom is -0.297 e. The molecule has 0 aliphatic heterocycles. The van der Waals surface area contributed by atoms with Gasteiger partial charge in [-0.25, -0.2) is 4.79 Å². The van der Waals surface area contributed by atoms with Gasteiger partial charge in [0.05, 0.1) is 0 Å². The van der Waals surface area contributed by atoms with Gasteiger partial charge in [-0.2, -0.15) is 0 Å². The molecule has 1 N–H and O–H groups in total. The summed E-state index contributed by atoms with van der Waals surface area (Å²) in [7, 11) is 0. The Balaban J connectivity index is 2.22. The Morgan fingerprint density at radius 3 is 2.50 bits per heavy atom. The molecule has 0 aromatic carbocycles. The van der Waals surface area contributed by atoms with Crippen LogP contribution in [0.15, 0.2) is 9.59 Å². The molecule has 1 aliphatic rings. The van der Waals surface area contributed by atoms with Gasteiger partial charge in [-0.05, 0) is 31.6 Å². The molecule has 0 radical (unpaired) electrons. The average Bonchev–Trinajstić information content (AvgIpc) is 2.34. The van der Waals surface area contributed by atoms with Crippen molar-refractivity contribution >= 4 is 11.6 Å². The quantitative estimate of drug-likeness (QED) is 0.839. The summed E-state index contributed by atoms with van der Waals surface area (Å²) < 4.78 is 1.29. The van der Waals surface area contributed by atoms with E-state index < -0.39 is 5.69 Å². The number of nitrogens with zero attached hydrogens (tertiary/aromatic N) is 1. The minimum atomic E-state index is -0.394. The Morgan fingerprint density at radius 1 is 1.28 bits per heavy atom. The van der Waals surface area contributed by atoms with Gasteiger partial charge >= 0.3 is 5.69 Å². The van der Waals surface area contributed by atoms with Crippen LogP contribution in [-0.4, -0.2) is 9.55 Å². The molecule has 5 heteroatoms. The van der Waals surface area contributed by atoms with Crippen LogP contribution in [-0.2, 0) is 6.54 Å². The number of halogens is 1. The minimum absolute atomic E-state index is 0.151. The fourth-order valence-electron chi connectivity index (χ4n) is 2.58. The monoisotopic (exact) mass is 270 g/mol. The van der Waals surface area contributed by atoms with E-state index in [1.165, 1.54) is 17.4 Å². The van der Waals surface area contributed by atoms with E-state index in [1.54, 1.807) is 6.92 Å². The molecule has 4 nitrogen and oxygen atoms in total. The zero-order valence-electron chi connectivity index (χ0n) is 10.8. The number of aromatic nitrogens is 2. The predicted molar refractivity (Wildman–Crippen MR) is 72.2 cm³/mol. The highest BCUT2D eigenvalue weighted by Gasteiger charge is 2.20. The van der Waals surface area contributed by atoms with E-state index in [0.717, 1.165) is 18.8 Å². The van der Waals surface area contributed by atoms with Crippen LogP contribution in [0.25, 0.3) is 0 Å². The van der Waals surface area contributed by atoms with Crippen LogP contribution in [0.2, 0.25) is 5.15 Å². The number of rotatable bonds is 2. The Kier molecular flexibility index (Phi) is 3.95. The Labute approximate surface area is 111 Å². The second-order valence-electron chi connectivity index (χ2n) is 5.41. The number of aromatic amines is 1. The van der Waals surface area contributed by atoms with Crippen molar-refractivity contribution in [2.45, 2.75) is 46.1 Å². The van der Waals surface area contributed by atoms with Gasteiger partial charge in [0, 0.05) is 12.1 Å². The Hall–Kier alpha value is -1.03. The molecule has 0 bridgehead atoms. The fraction of sp³-hybridized carbons (Fsp3) is 0.692. The number of hydrogen-bond donors (Lipinski definition) is 1. The maximum atomic E-state index is 12.0. The van der Waals surface area contributed by atoms with Gasteiger partial charge in [0.15, 0.2) is 0 Å². The average molecular weight is 271 g/mol. The molecule has 1 aromatic rings. The van der Waals surface area contributed by atoms with Crippen LogP contribution in [0.5, 0.6) is 0 Å². The molecule has 0 atom stereocenters. The lowest BCUT2D eigenvalue weighted by molar-refractivity contribution is 0.260. The molecular formula is C13H19ClN2O2. The zero-order chi connectivity index (χ0) is 13.3. The maximum Gasteiger partial charge on any atom is 0.329 e. The Morgan fingerprint density at radius 2 is 1.89 bits per heavy atom. The normalized spacial score (nSPS) is 24.2. The lowest BCUT2D eigenvalue weighted by Gasteiger charge is -2.26. The van der Waals surface area contributed by atoms with E-state index in [1.807, 2.05) is 0 Å². The topological polar surface area (TPSA) is 54.9 Å². The van der Waals surface area contributed by atoms with Crippen LogP contribution in [0.1, 0.15) is 38.2 Å². The summed E-state index contributed by atoms with van der Waals surface area (Å²) >= 11 is 5.78. The van der Waals surface area contributed by atoms with Crippen molar-refractivity contribution in [1.82, 2.24) is 9.55 Å². The summed E-state index contributed by atoms with van der Waals surface area (Å²) in [6.45, 7) is 4.40.